The molecule has 1 fully saturated rings. The highest BCUT2D eigenvalue weighted by Gasteiger charge is 2.32. The fourth-order valence-electron chi connectivity index (χ4n) is 2.43. The smallest absolute Gasteiger partial charge is 0.385 e. The van der Waals surface area contributed by atoms with Gasteiger partial charge in [0.2, 0.25) is 0 Å². The first-order chi connectivity index (χ1) is 10.4. The summed E-state index contributed by atoms with van der Waals surface area (Å²) in [4.78, 5) is 8.13. The maximum atomic E-state index is 12.6. The van der Waals surface area contributed by atoms with Gasteiger partial charge in [0, 0.05) is 52.6 Å². The van der Waals surface area contributed by atoms with E-state index in [4.69, 9.17) is 16.3 Å². The van der Waals surface area contributed by atoms with Gasteiger partial charge in [0.15, 0.2) is 0 Å². The summed E-state index contributed by atoms with van der Waals surface area (Å²) in [5, 5.41) is 0.0441. The monoisotopic (exact) mass is 337 g/mol. The number of nitrogens with zero attached hydrogens (tertiary/aromatic N) is 3. The van der Waals surface area contributed by atoms with Gasteiger partial charge in [-0.15, -0.1) is 0 Å². The van der Waals surface area contributed by atoms with Gasteiger partial charge in [-0.2, -0.15) is 13.2 Å². The summed E-state index contributed by atoms with van der Waals surface area (Å²) in [6.07, 6.45) is -2.61. The summed E-state index contributed by atoms with van der Waals surface area (Å²) in [6.45, 7) is 4.75. The molecule has 1 aromatic heterocycles. The molecule has 0 aromatic carbocycles. The molecule has 0 N–H and O–H groups in total. The minimum absolute atomic E-state index is 0.0441. The molecule has 0 atom stereocenters. The number of piperazine rings is 1. The molecule has 124 valence electrons. The molecule has 0 unspecified atom stereocenters. The Morgan fingerprint density at radius 1 is 1.27 bits per heavy atom. The number of pyridine rings is 1. The normalized spacial score (nSPS) is 17.0. The summed E-state index contributed by atoms with van der Waals surface area (Å²) in [6, 6.07) is 0.939. The van der Waals surface area contributed by atoms with E-state index in [-0.39, 0.29) is 5.02 Å². The molecule has 2 heterocycles. The van der Waals surface area contributed by atoms with Crippen LogP contribution >= 0.6 is 11.6 Å². The van der Waals surface area contributed by atoms with Gasteiger partial charge in [0.05, 0.1) is 10.6 Å². The summed E-state index contributed by atoms with van der Waals surface area (Å²) in [5.74, 6) is 0.422. The first kappa shape index (κ1) is 17.3. The van der Waals surface area contributed by atoms with Gasteiger partial charge in [-0.3, -0.25) is 4.90 Å². The lowest BCUT2D eigenvalue weighted by atomic mass is 10.2. The van der Waals surface area contributed by atoms with Crippen molar-refractivity contribution in [2.24, 2.45) is 0 Å². The highest BCUT2D eigenvalue weighted by molar-refractivity contribution is 6.33. The van der Waals surface area contributed by atoms with Crippen molar-refractivity contribution >= 4 is 17.4 Å². The van der Waals surface area contributed by atoms with Gasteiger partial charge in [-0.1, -0.05) is 11.6 Å². The number of hydrogen-bond acceptors (Lipinski definition) is 4. The van der Waals surface area contributed by atoms with Crippen LogP contribution in [0.15, 0.2) is 12.3 Å². The molecule has 0 bridgehead atoms. The van der Waals surface area contributed by atoms with E-state index >= 15 is 0 Å². The average Bonchev–Trinajstić information content (AvgIpc) is 2.47. The number of methoxy groups -OCH3 is 1. The van der Waals surface area contributed by atoms with Crippen LogP contribution in [-0.4, -0.2) is 56.3 Å². The summed E-state index contributed by atoms with van der Waals surface area (Å²) in [5.41, 5.74) is -0.820. The van der Waals surface area contributed by atoms with E-state index in [9.17, 15) is 13.2 Å². The van der Waals surface area contributed by atoms with Crippen molar-refractivity contribution in [1.29, 1.82) is 0 Å². The number of alkyl halides is 3. The topological polar surface area (TPSA) is 28.6 Å². The van der Waals surface area contributed by atoms with Crippen LogP contribution in [0.2, 0.25) is 5.02 Å². The Balaban J connectivity index is 1.94. The molecule has 22 heavy (non-hydrogen) atoms. The van der Waals surface area contributed by atoms with Crippen LogP contribution in [0.3, 0.4) is 0 Å². The Morgan fingerprint density at radius 2 is 1.95 bits per heavy atom. The average molecular weight is 338 g/mol. The van der Waals surface area contributed by atoms with Crippen molar-refractivity contribution in [2.45, 2.75) is 12.6 Å². The molecule has 0 saturated carbocycles. The minimum Gasteiger partial charge on any atom is -0.385 e. The largest absolute Gasteiger partial charge is 0.417 e. The second-order valence-electron chi connectivity index (χ2n) is 5.20. The molecule has 1 aliphatic rings. The molecule has 0 aliphatic carbocycles. The lowest BCUT2D eigenvalue weighted by molar-refractivity contribution is -0.137. The van der Waals surface area contributed by atoms with Crippen LogP contribution < -0.4 is 4.90 Å². The van der Waals surface area contributed by atoms with Crippen LogP contribution in [0.4, 0.5) is 19.0 Å². The van der Waals surface area contributed by atoms with Crippen molar-refractivity contribution in [3.63, 3.8) is 0 Å². The van der Waals surface area contributed by atoms with Gasteiger partial charge < -0.3 is 9.64 Å². The number of rotatable bonds is 5. The maximum absolute atomic E-state index is 12.6. The van der Waals surface area contributed by atoms with E-state index in [1.165, 1.54) is 0 Å². The first-order valence-electron chi connectivity index (χ1n) is 7.11. The highest BCUT2D eigenvalue weighted by atomic mass is 35.5. The van der Waals surface area contributed by atoms with Crippen molar-refractivity contribution < 1.29 is 17.9 Å². The van der Waals surface area contributed by atoms with E-state index in [1.54, 1.807) is 7.11 Å². The first-order valence-corrected chi connectivity index (χ1v) is 7.48. The molecule has 1 saturated heterocycles. The Hall–Kier alpha value is -1.05. The van der Waals surface area contributed by atoms with E-state index in [0.717, 1.165) is 44.9 Å². The molecule has 0 spiro atoms. The van der Waals surface area contributed by atoms with Gasteiger partial charge in [-0.25, -0.2) is 4.98 Å². The molecule has 4 nitrogen and oxygen atoms in total. The Kier molecular flexibility index (Phi) is 5.88. The zero-order valence-electron chi connectivity index (χ0n) is 12.4. The third kappa shape index (κ3) is 4.47. The SMILES string of the molecule is COCCCN1CCN(c2ncc(C(F)(F)F)cc2Cl)CC1. The van der Waals surface area contributed by atoms with E-state index in [2.05, 4.69) is 9.88 Å². The minimum atomic E-state index is -4.42. The second kappa shape index (κ2) is 7.48. The fraction of sp³-hybridized carbons (Fsp3) is 0.643. The molecular formula is C14H19ClF3N3O. The van der Waals surface area contributed by atoms with Gasteiger partial charge in [-0.05, 0) is 12.5 Å². The second-order valence-corrected chi connectivity index (χ2v) is 5.61. The zero-order chi connectivity index (χ0) is 16.2. The van der Waals surface area contributed by atoms with Crippen LogP contribution in [0.1, 0.15) is 12.0 Å². The third-order valence-electron chi connectivity index (χ3n) is 3.64. The summed E-state index contributed by atoms with van der Waals surface area (Å²) in [7, 11) is 1.68. The predicted octanol–water partition coefficient (Wildman–Crippen LogP) is 2.91. The lowest BCUT2D eigenvalue weighted by Gasteiger charge is -2.35. The van der Waals surface area contributed by atoms with Crippen LogP contribution in [0.5, 0.6) is 0 Å². The number of aromatic nitrogens is 1. The molecule has 1 aromatic rings. The van der Waals surface area contributed by atoms with Crippen molar-refractivity contribution in [3.05, 3.63) is 22.8 Å². The van der Waals surface area contributed by atoms with E-state index in [1.807, 2.05) is 4.90 Å². The van der Waals surface area contributed by atoms with Crippen molar-refractivity contribution in [1.82, 2.24) is 9.88 Å². The van der Waals surface area contributed by atoms with Gasteiger partial charge in [0.25, 0.3) is 0 Å². The summed E-state index contributed by atoms with van der Waals surface area (Å²) < 4.78 is 42.9. The highest BCUT2D eigenvalue weighted by Crippen LogP contribution is 2.33. The van der Waals surface area contributed by atoms with Gasteiger partial charge >= 0.3 is 6.18 Å². The van der Waals surface area contributed by atoms with Crippen molar-refractivity contribution in [2.75, 3.05) is 51.3 Å². The molecule has 2 rings (SSSR count). The van der Waals surface area contributed by atoms with Crippen LogP contribution in [-0.2, 0) is 10.9 Å². The zero-order valence-corrected chi connectivity index (χ0v) is 13.1. The number of anilines is 1. The van der Waals surface area contributed by atoms with Crippen LogP contribution in [0, 0.1) is 0 Å². The van der Waals surface area contributed by atoms with E-state index < -0.39 is 11.7 Å². The molecule has 8 heteroatoms. The standard InChI is InChI=1S/C14H19ClF3N3O/c1-22-8-2-3-20-4-6-21(7-5-20)13-12(15)9-11(10-19-13)14(16,17)18/h9-10H,2-8H2,1H3. The number of halogens is 4. The molecule has 0 amide bonds. The van der Waals surface area contributed by atoms with Crippen LogP contribution in [0.25, 0.3) is 0 Å². The Bertz CT molecular complexity index is 491. The fourth-order valence-corrected chi connectivity index (χ4v) is 2.72. The number of hydrogen-bond donors (Lipinski definition) is 0. The summed E-state index contributed by atoms with van der Waals surface area (Å²) >= 11 is 5.97. The maximum Gasteiger partial charge on any atom is 0.417 e. The number of ether oxygens (including phenoxy) is 1. The quantitative estimate of drug-likeness (QED) is 0.772. The van der Waals surface area contributed by atoms with Crippen molar-refractivity contribution in [3.8, 4) is 0 Å². The van der Waals surface area contributed by atoms with E-state index in [0.29, 0.717) is 18.9 Å². The molecular weight excluding hydrogens is 319 g/mol. The predicted molar refractivity (Wildman–Crippen MR) is 79.4 cm³/mol. The Morgan fingerprint density at radius 3 is 2.50 bits per heavy atom. The lowest BCUT2D eigenvalue weighted by Crippen LogP contribution is -2.47. The third-order valence-corrected chi connectivity index (χ3v) is 3.92. The Labute approximate surface area is 132 Å². The molecule has 0 radical (unpaired) electrons. The van der Waals surface area contributed by atoms with Gasteiger partial charge in [0.1, 0.15) is 5.82 Å². The molecule has 1 aliphatic heterocycles.